The molecule has 2 nitrogen and oxygen atoms in total. The molecule has 0 radical (unpaired) electrons. The number of hydrogen-bond donors (Lipinski definition) is 0. The number of benzene rings is 1. The lowest BCUT2D eigenvalue weighted by atomic mass is 9.52. The Balaban J connectivity index is 1.57. The molecule has 1 aliphatic heterocycles. The second kappa shape index (κ2) is 6.57. The minimum absolute atomic E-state index is 0.240. The highest BCUT2D eigenvalue weighted by Gasteiger charge is 2.54. The highest BCUT2D eigenvalue weighted by molar-refractivity contribution is 6.00. The summed E-state index contributed by atoms with van der Waals surface area (Å²) in [6.07, 6.45) is 11.4. The van der Waals surface area contributed by atoms with E-state index < -0.39 is 0 Å². The van der Waals surface area contributed by atoms with Crippen LogP contribution < -0.4 is 0 Å². The molecule has 4 fully saturated rings. The molecule has 28 heavy (non-hydrogen) atoms. The van der Waals surface area contributed by atoms with E-state index in [1.54, 1.807) is 12.1 Å². The highest BCUT2D eigenvalue weighted by Crippen LogP contribution is 2.59. The zero-order valence-electron chi connectivity index (χ0n) is 17.0. The number of hydrogen-bond acceptors (Lipinski definition) is 2. The standard InChI is InChI=1S/C25H30FNO/c1-16(2)24-23(15-28)22(20-3-5-21(26)6-4-20)7-8-27(24)25-12-17-9-18(13-25)11-19(10-17)14-25/h3-7,15-19H,8-14H2,1-2H3. The number of halogens is 1. The van der Waals surface area contributed by atoms with Crippen LogP contribution in [0.15, 0.2) is 41.6 Å². The average Bonchev–Trinajstić information content (AvgIpc) is 2.66. The van der Waals surface area contributed by atoms with Crippen LogP contribution in [0, 0.1) is 29.5 Å². The summed E-state index contributed by atoms with van der Waals surface area (Å²) in [5.74, 6) is 2.68. The summed E-state index contributed by atoms with van der Waals surface area (Å²) in [6, 6.07) is 6.56. The summed E-state index contributed by atoms with van der Waals surface area (Å²) >= 11 is 0. The number of allylic oxidation sites excluding steroid dienone is 3. The van der Waals surface area contributed by atoms with Crippen LogP contribution in [0.25, 0.3) is 5.57 Å². The van der Waals surface area contributed by atoms with Gasteiger partial charge in [0.05, 0.1) is 0 Å². The van der Waals surface area contributed by atoms with Crippen molar-refractivity contribution in [3.8, 4) is 0 Å². The van der Waals surface area contributed by atoms with E-state index in [1.165, 1.54) is 56.4 Å². The summed E-state index contributed by atoms with van der Waals surface area (Å²) in [5, 5.41) is 0. The van der Waals surface area contributed by atoms with E-state index in [0.29, 0.717) is 0 Å². The van der Waals surface area contributed by atoms with Crippen molar-refractivity contribution in [3.05, 3.63) is 53.0 Å². The van der Waals surface area contributed by atoms with Crippen LogP contribution in [0.5, 0.6) is 0 Å². The van der Waals surface area contributed by atoms with Crippen LogP contribution >= 0.6 is 0 Å². The molecule has 1 heterocycles. The third-order valence-electron chi connectivity index (χ3n) is 7.73. The predicted molar refractivity (Wildman–Crippen MR) is 110 cm³/mol. The van der Waals surface area contributed by atoms with Gasteiger partial charge in [0.15, 0.2) is 6.29 Å². The van der Waals surface area contributed by atoms with E-state index >= 15 is 0 Å². The van der Waals surface area contributed by atoms with E-state index in [1.807, 2.05) is 0 Å². The Morgan fingerprint density at radius 3 is 2.11 bits per heavy atom. The van der Waals surface area contributed by atoms with Gasteiger partial charge in [0.1, 0.15) is 5.82 Å². The lowest BCUT2D eigenvalue weighted by Gasteiger charge is -2.62. The molecule has 0 saturated heterocycles. The molecular formula is C25H30FNO. The molecular weight excluding hydrogens is 349 g/mol. The third kappa shape index (κ3) is 2.77. The summed E-state index contributed by atoms with van der Waals surface area (Å²) in [5.41, 5.74) is 4.17. The zero-order chi connectivity index (χ0) is 19.5. The minimum atomic E-state index is -0.240. The predicted octanol–water partition coefficient (Wildman–Crippen LogP) is 5.60. The molecule has 4 aliphatic carbocycles. The maximum Gasteiger partial charge on any atom is 0.152 e. The van der Waals surface area contributed by atoms with Gasteiger partial charge < -0.3 is 4.90 Å². The first-order chi connectivity index (χ1) is 13.5. The average molecular weight is 380 g/mol. The molecule has 6 rings (SSSR count). The van der Waals surface area contributed by atoms with Crippen LogP contribution in [-0.2, 0) is 4.79 Å². The molecule has 0 unspecified atom stereocenters. The fourth-order valence-electron chi connectivity index (χ4n) is 7.17. The second-order valence-electron chi connectivity index (χ2n) is 9.95. The van der Waals surface area contributed by atoms with E-state index in [0.717, 1.165) is 47.3 Å². The Kier molecular flexibility index (Phi) is 4.26. The second-order valence-corrected chi connectivity index (χ2v) is 9.95. The van der Waals surface area contributed by atoms with Crippen molar-refractivity contribution in [1.29, 1.82) is 0 Å². The Morgan fingerprint density at radius 2 is 1.61 bits per heavy atom. The van der Waals surface area contributed by atoms with Gasteiger partial charge in [-0.05, 0) is 85.5 Å². The van der Waals surface area contributed by atoms with Crippen molar-refractivity contribution in [1.82, 2.24) is 4.90 Å². The van der Waals surface area contributed by atoms with Crippen molar-refractivity contribution >= 4 is 11.9 Å². The topological polar surface area (TPSA) is 20.3 Å². The minimum Gasteiger partial charge on any atom is -0.365 e. The number of rotatable bonds is 4. The van der Waals surface area contributed by atoms with Crippen LogP contribution in [0.3, 0.4) is 0 Å². The van der Waals surface area contributed by atoms with E-state index in [-0.39, 0.29) is 17.3 Å². The molecule has 3 heteroatoms. The molecule has 5 aliphatic rings. The maximum absolute atomic E-state index is 13.4. The fourth-order valence-corrected chi connectivity index (χ4v) is 7.17. The lowest BCUT2D eigenvalue weighted by Crippen LogP contribution is -2.60. The smallest absolute Gasteiger partial charge is 0.152 e. The first-order valence-corrected chi connectivity index (χ1v) is 10.9. The molecule has 0 aromatic heterocycles. The normalized spacial score (nSPS) is 34.2. The number of aldehydes is 1. The van der Waals surface area contributed by atoms with Crippen molar-refractivity contribution < 1.29 is 9.18 Å². The van der Waals surface area contributed by atoms with Gasteiger partial charge in [0, 0.05) is 23.4 Å². The van der Waals surface area contributed by atoms with Crippen LogP contribution in [0.4, 0.5) is 4.39 Å². The van der Waals surface area contributed by atoms with Gasteiger partial charge in [-0.25, -0.2) is 4.39 Å². The quantitative estimate of drug-likeness (QED) is 0.635. The van der Waals surface area contributed by atoms with Crippen LogP contribution in [0.1, 0.15) is 57.9 Å². The largest absolute Gasteiger partial charge is 0.365 e. The van der Waals surface area contributed by atoms with E-state index in [9.17, 15) is 9.18 Å². The first kappa shape index (κ1) is 18.1. The van der Waals surface area contributed by atoms with Gasteiger partial charge in [0.2, 0.25) is 0 Å². The third-order valence-corrected chi connectivity index (χ3v) is 7.73. The Morgan fingerprint density at radius 1 is 1.04 bits per heavy atom. The van der Waals surface area contributed by atoms with Gasteiger partial charge in [-0.2, -0.15) is 0 Å². The fraction of sp³-hybridized carbons (Fsp3) is 0.560. The van der Waals surface area contributed by atoms with Crippen molar-refractivity contribution in [2.75, 3.05) is 6.54 Å². The SMILES string of the molecule is CC(C)C1=C(C=O)C(c2ccc(F)cc2)=CCN1C12CC3CC(CC(C3)C1)C2. The van der Waals surface area contributed by atoms with Gasteiger partial charge >= 0.3 is 0 Å². The summed E-state index contributed by atoms with van der Waals surface area (Å²) in [6.45, 7) is 5.28. The Hall–Kier alpha value is -1.90. The number of nitrogens with zero attached hydrogens (tertiary/aromatic N) is 1. The van der Waals surface area contributed by atoms with Crippen LogP contribution in [0.2, 0.25) is 0 Å². The zero-order valence-corrected chi connectivity index (χ0v) is 17.0. The Labute approximate surface area is 167 Å². The summed E-state index contributed by atoms with van der Waals surface area (Å²) in [7, 11) is 0. The molecule has 1 aromatic carbocycles. The molecule has 0 atom stereocenters. The molecule has 1 aromatic rings. The summed E-state index contributed by atoms with van der Waals surface area (Å²) < 4.78 is 13.4. The molecule has 148 valence electrons. The van der Waals surface area contributed by atoms with Gasteiger partial charge in [-0.1, -0.05) is 32.1 Å². The number of carbonyl (C=O) groups excluding carboxylic acids is 1. The Bertz CT molecular complexity index is 813. The van der Waals surface area contributed by atoms with E-state index in [2.05, 4.69) is 24.8 Å². The monoisotopic (exact) mass is 379 g/mol. The molecule has 0 amide bonds. The molecule has 4 saturated carbocycles. The highest BCUT2D eigenvalue weighted by atomic mass is 19.1. The molecule has 0 N–H and O–H groups in total. The molecule has 4 bridgehead atoms. The van der Waals surface area contributed by atoms with E-state index in [4.69, 9.17) is 0 Å². The van der Waals surface area contributed by atoms with Crippen LogP contribution in [-0.4, -0.2) is 23.3 Å². The maximum atomic E-state index is 13.4. The van der Waals surface area contributed by atoms with Crippen molar-refractivity contribution in [3.63, 3.8) is 0 Å². The first-order valence-electron chi connectivity index (χ1n) is 10.9. The van der Waals surface area contributed by atoms with Crippen molar-refractivity contribution in [2.45, 2.75) is 57.9 Å². The van der Waals surface area contributed by atoms with Gasteiger partial charge in [0.25, 0.3) is 0 Å². The lowest BCUT2D eigenvalue weighted by molar-refractivity contribution is -0.105. The number of carbonyl (C=O) groups is 1. The summed E-state index contributed by atoms with van der Waals surface area (Å²) in [4.78, 5) is 14.9. The van der Waals surface area contributed by atoms with Gasteiger partial charge in [-0.3, -0.25) is 4.79 Å². The molecule has 0 spiro atoms. The van der Waals surface area contributed by atoms with Crippen molar-refractivity contribution in [2.24, 2.45) is 23.7 Å². The van der Waals surface area contributed by atoms with Gasteiger partial charge in [-0.15, -0.1) is 0 Å².